The number of hydrogen-bond acceptors (Lipinski definition) is 2. The molecule has 0 saturated carbocycles. The normalized spacial score (nSPS) is 10.7. The van der Waals surface area contributed by atoms with Crippen molar-refractivity contribution in [2.75, 3.05) is 0 Å². The van der Waals surface area contributed by atoms with Crippen molar-refractivity contribution in [3.05, 3.63) is 51.7 Å². The molecular weight excluding hydrogens is 270 g/mol. The summed E-state index contributed by atoms with van der Waals surface area (Å²) in [5.41, 5.74) is 6.47. The zero-order valence-electron chi connectivity index (χ0n) is 12.7. The van der Waals surface area contributed by atoms with Crippen LogP contribution in [0.5, 0.6) is 11.6 Å². The first kappa shape index (κ1) is 14.9. The smallest absolute Gasteiger partial charge is 0.224 e. The summed E-state index contributed by atoms with van der Waals surface area (Å²) in [7, 11) is 0. The third-order valence-corrected chi connectivity index (χ3v) is 3.91. The van der Waals surface area contributed by atoms with Gasteiger partial charge in [-0.15, -0.1) is 11.6 Å². The first-order valence-electron chi connectivity index (χ1n) is 6.71. The molecule has 0 saturated heterocycles. The van der Waals surface area contributed by atoms with Crippen LogP contribution in [-0.2, 0) is 5.88 Å². The molecule has 0 unspecified atom stereocenters. The topological polar surface area (TPSA) is 22.1 Å². The molecule has 0 aliphatic heterocycles. The van der Waals surface area contributed by atoms with Crippen LogP contribution in [0.1, 0.15) is 33.5 Å². The molecule has 0 aliphatic rings. The van der Waals surface area contributed by atoms with Gasteiger partial charge in [-0.3, -0.25) is 0 Å². The summed E-state index contributed by atoms with van der Waals surface area (Å²) in [6.45, 7) is 10.2. The van der Waals surface area contributed by atoms with Crippen LogP contribution in [0.25, 0.3) is 0 Å². The average Bonchev–Trinajstić information content (AvgIpc) is 2.39. The Balaban J connectivity index is 2.53. The quantitative estimate of drug-likeness (QED) is 0.729. The van der Waals surface area contributed by atoms with E-state index in [-0.39, 0.29) is 0 Å². The van der Waals surface area contributed by atoms with E-state index in [1.54, 1.807) is 0 Å². The highest BCUT2D eigenvalue weighted by atomic mass is 35.5. The van der Waals surface area contributed by atoms with Gasteiger partial charge < -0.3 is 4.74 Å². The summed E-state index contributed by atoms with van der Waals surface area (Å²) < 4.78 is 6.11. The molecule has 0 spiro atoms. The number of halogens is 1. The molecule has 106 valence electrons. The molecule has 1 heterocycles. The second-order valence-electron chi connectivity index (χ2n) is 5.25. The molecule has 0 fully saturated rings. The van der Waals surface area contributed by atoms with Crippen LogP contribution >= 0.6 is 11.6 Å². The Morgan fingerprint density at radius 3 is 2.30 bits per heavy atom. The van der Waals surface area contributed by atoms with Gasteiger partial charge in [0, 0.05) is 11.3 Å². The summed E-state index contributed by atoms with van der Waals surface area (Å²) in [6.07, 6.45) is 0. The predicted octanol–water partition coefficient (Wildman–Crippen LogP) is 5.15. The van der Waals surface area contributed by atoms with Crippen molar-refractivity contribution >= 4 is 11.6 Å². The Labute approximate surface area is 125 Å². The zero-order chi connectivity index (χ0) is 14.9. The first-order valence-corrected chi connectivity index (χ1v) is 7.25. The maximum Gasteiger partial charge on any atom is 0.224 e. The zero-order valence-corrected chi connectivity index (χ0v) is 13.4. The fourth-order valence-corrected chi connectivity index (χ4v) is 2.58. The van der Waals surface area contributed by atoms with Crippen molar-refractivity contribution in [2.45, 2.75) is 40.5 Å². The molecule has 0 atom stereocenters. The van der Waals surface area contributed by atoms with E-state index >= 15 is 0 Å². The van der Waals surface area contributed by atoms with Crippen LogP contribution in [0, 0.1) is 34.6 Å². The SMILES string of the molecule is Cc1cc(C)c(CCl)c(Oc2c(C)ccc(C)c2C)n1. The predicted molar refractivity (Wildman–Crippen MR) is 84.0 cm³/mol. The molecule has 0 aliphatic carbocycles. The molecule has 0 bridgehead atoms. The average molecular weight is 290 g/mol. The number of hydrogen-bond donors (Lipinski definition) is 0. The summed E-state index contributed by atoms with van der Waals surface area (Å²) >= 11 is 6.05. The van der Waals surface area contributed by atoms with Gasteiger partial charge in [0.2, 0.25) is 5.88 Å². The lowest BCUT2D eigenvalue weighted by Gasteiger charge is -2.16. The molecule has 0 radical (unpaired) electrons. The van der Waals surface area contributed by atoms with E-state index in [2.05, 4.69) is 31.0 Å². The Kier molecular flexibility index (Phi) is 4.34. The first-order chi connectivity index (χ1) is 9.43. The highest BCUT2D eigenvalue weighted by Gasteiger charge is 2.14. The van der Waals surface area contributed by atoms with Gasteiger partial charge in [0.15, 0.2) is 0 Å². The number of ether oxygens (including phenoxy) is 1. The van der Waals surface area contributed by atoms with E-state index < -0.39 is 0 Å². The van der Waals surface area contributed by atoms with E-state index in [1.807, 2.05) is 26.8 Å². The monoisotopic (exact) mass is 289 g/mol. The molecule has 0 amide bonds. The minimum absolute atomic E-state index is 0.401. The molecule has 20 heavy (non-hydrogen) atoms. The summed E-state index contributed by atoms with van der Waals surface area (Å²) in [5, 5.41) is 0. The molecule has 3 heteroatoms. The number of rotatable bonds is 3. The molecule has 0 N–H and O–H groups in total. The number of pyridine rings is 1. The Morgan fingerprint density at radius 2 is 1.65 bits per heavy atom. The largest absolute Gasteiger partial charge is 0.438 e. The van der Waals surface area contributed by atoms with Gasteiger partial charge in [0.1, 0.15) is 5.75 Å². The lowest BCUT2D eigenvalue weighted by molar-refractivity contribution is 0.449. The van der Waals surface area contributed by atoms with E-state index in [0.29, 0.717) is 11.8 Å². The van der Waals surface area contributed by atoms with Crippen LogP contribution in [0.4, 0.5) is 0 Å². The van der Waals surface area contributed by atoms with Gasteiger partial charge in [-0.1, -0.05) is 12.1 Å². The fraction of sp³-hybridized carbons (Fsp3) is 0.353. The number of benzene rings is 1. The van der Waals surface area contributed by atoms with Gasteiger partial charge >= 0.3 is 0 Å². The second kappa shape index (κ2) is 5.84. The van der Waals surface area contributed by atoms with Crippen LogP contribution in [0.15, 0.2) is 18.2 Å². The molecular formula is C17H20ClNO. The van der Waals surface area contributed by atoms with Gasteiger partial charge in [0.25, 0.3) is 0 Å². The second-order valence-corrected chi connectivity index (χ2v) is 5.52. The molecule has 2 rings (SSSR count). The summed E-state index contributed by atoms with van der Waals surface area (Å²) in [4.78, 5) is 4.51. The molecule has 2 aromatic rings. The Hall–Kier alpha value is -1.54. The number of alkyl halides is 1. The summed E-state index contributed by atoms with van der Waals surface area (Å²) in [5.74, 6) is 1.90. The maximum atomic E-state index is 6.11. The maximum absolute atomic E-state index is 6.11. The van der Waals surface area contributed by atoms with Gasteiger partial charge in [-0.25, -0.2) is 4.98 Å². The highest BCUT2D eigenvalue weighted by Crippen LogP contribution is 2.33. The number of aromatic nitrogens is 1. The van der Waals surface area contributed by atoms with Gasteiger partial charge in [0.05, 0.1) is 5.88 Å². The van der Waals surface area contributed by atoms with Crippen molar-refractivity contribution in [1.29, 1.82) is 0 Å². The molecule has 1 aromatic heterocycles. The van der Waals surface area contributed by atoms with Crippen molar-refractivity contribution in [2.24, 2.45) is 0 Å². The van der Waals surface area contributed by atoms with Gasteiger partial charge in [-0.2, -0.15) is 0 Å². The lowest BCUT2D eigenvalue weighted by Crippen LogP contribution is -2.01. The van der Waals surface area contributed by atoms with Crippen molar-refractivity contribution in [3.63, 3.8) is 0 Å². The molecule has 2 nitrogen and oxygen atoms in total. The lowest BCUT2D eigenvalue weighted by atomic mass is 10.1. The minimum atomic E-state index is 0.401. The standard InChI is InChI=1S/C17H20ClNO/c1-10-6-7-11(2)16(14(10)5)20-17-15(9-18)12(3)8-13(4)19-17/h6-8H,9H2,1-5H3. The number of aryl methyl sites for hydroxylation is 4. The van der Waals surface area contributed by atoms with Crippen molar-refractivity contribution in [3.8, 4) is 11.6 Å². The Bertz CT molecular complexity index is 650. The third-order valence-electron chi connectivity index (χ3n) is 3.64. The minimum Gasteiger partial charge on any atom is -0.438 e. The van der Waals surface area contributed by atoms with E-state index in [1.165, 1.54) is 5.56 Å². The third kappa shape index (κ3) is 2.80. The molecule has 1 aromatic carbocycles. The summed E-state index contributed by atoms with van der Waals surface area (Å²) in [6, 6.07) is 6.20. The van der Waals surface area contributed by atoms with Crippen LogP contribution in [-0.4, -0.2) is 4.98 Å². The highest BCUT2D eigenvalue weighted by molar-refractivity contribution is 6.17. The van der Waals surface area contributed by atoms with Crippen molar-refractivity contribution in [1.82, 2.24) is 4.98 Å². The fourth-order valence-electron chi connectivity index (χ4n) is 2.26. The Morgan fingerprint density at radius 1 is 1.00 bits per heavy atom. The number of nitrogens with zero attached hydrogens (tertiary/aromatic N) is 1. The van der Waals surface area contributed by atoms with Gasteiger partial charge in [-0.05, 0) is 62.9 Å². The van der Waals surface area contributed by atoms with Crippen LogP contribution in [0.2, 0.25) is 0 Å². The van der Waals surface area contributed by atoms with Crippen LogP contribution in [0.3, 0.4) is 0 Å². The van der Waals surface area contributed by atoms with E-state index in [4.69, 9.17) is 16.3 Å². The van der Waals surface area contributed by atoms with E-state index in [0.717, 1.165) is 33.7 Å². The van der Waals surface area contributed by atoms with E-state index in [9.17, 15) is 0 Å². The van der Waals surface area contributed by atoms with Crippen molar-refractivity contribution < 1.29 is 4.74 Å². The van der Waals surface area contributed by atoms with Crippen LogP contribution < -0.4 is 4.74 Å².